The van der Waals surface area contributed by atoms with Gasteiger partial charge in [-0.3, -0.25) is 4.99 Å². The van der Waals surface area contributed by atoms with Crippen LogP contribution in [0.15, 0.2) is 4.99 Å². The van der Waals surface area contributed by atoms with E-state index in [0.29, 0.717) is 25.6 Å². The van der Waals surface area contributed by atoms with Crippen LogP contribution in [-0.2, 0) is 10.0 Å². The molecule has 0 amide bonds. The molecule has 9 heteroatoms. The lowest BCUT2D eigenvalue weighted by Crippen LogP contribution is -2.44. The summed E-state index contributed by atoms with van der Waals surface area (Å²) in [4.78, 5) is 6.60. The fraction of sp³-hybridized carbons (Fsp3) is 0.933. The number of rotatable bonds is 9. The van der Waals surface area contributed by atoms with Gasteiger partial charge in [0.1, 0.15) is 0 Å². The van der Waals surface area contributed by atoms with Crippen molar-refractivity contribution in [1.29, 1.82) is 0 Å². The first kappa shape index (κ1) is 23.9. The normalized spacial score (nSPS) is 16.8. The number of sulfonamides is 1. The van der Waals surface area contributed by atoms with Crippen molar-refractivity contribution in [1.82, 2.24) is 19.8 Å². The molecule has 0 bridgehead atoms. The first-order valence-corrected chi connectivity index (χ1v) is 10.3. The molecule has 0 saturated carbocycles. The van der Waals surface area contributed by atoms with Crippen LogP contribution in [0.25, 0.3) is 0 Å². The molecule has 2 N–H and O–H groups in total. The van der Waals surface area contributed by atoms with Crippen LogP contribution in [0.1, 0.15) is 33.1 Å². The van der Waals surface area contributed by atoms with Crippen molar-refractivity contribution in [3.8, 4) is 0 Å². The van der Waals surface area contributed by atoms with E-state index in [4.69, 9.17) is 0 Å². The van der Waals surface area contributed by atoms with Crippen LogP contribution in [0, 0.1) is 0 Å². The molecular weight excluding hydrogens is 441 g/mol. The maximum absolute atomic E-state index is 12.1. The van der Waals surface area contributed by atoms with Crippen LogP contribution < -0.4 is 10.6 Å². The van der Waals surface area contributed by atoms with Gasteiger partial charge in [0.05, 0.1) is 5.75 Å². The Bertz CT molecular complexity index is 449. The van der Waals surface area contributed by atoms with Crippen molar-refractivity contribution >= 4 is 40.0 Å². The Balaban J connectivity index is 0.00000529. The molecular formula is C15H34IN5O2S. The molecule has 1 heterocycles. The summed E-state index contributed by atoms with van der Waals surface area (Å²) in [6, 6.07) is 0. The first-order valence-electron chi connectivity index (χ1n) is 8.68. The summed E-state index contributed by atoms with van der Waals surface area (Å²) in [5.41, 5.74) is 0. The second-order valence-electron chi connectivity index (χ2n) is 5.73. The van der Waals surface area contributed by atoms with Gasteiger partial charge in [0.15, 0.2) is 5.96 Å². The molecule has 7 nitrogen and oxygen atoms in total. The van der Waals surface area contributed by atoms with Crippen LogP contribution in [0.2, 0.25) is 0 Å². The van der Waals surface area contributed by atoms with Crippen molar-refractivity contribution in [3.05, 3.63) is 0 Å². The van der Waals surface area contributed by atoms with Crippen molar-refractivity contribution < 1.29 is 8.42 Å². The van der Waals surface area contributed by atoms with E-state index in [0.717, 1.165) is 13.1 Å². The zero-order valence-electron chi connectivity index (χ0n) is 15.3. The molecule has 0 aliphatic carbocycles. The highest BCUT2D eigenvalue weighted by molar-refractivity contribution is 14.0. The summed E-state index contributed by atoms with van der Waals surface area (Å²) in [6.07, 6.45) is 3.92. The summed E-state index contributed by atoms with van der Waals surface area (Å²) in [5, 5.41) is 6.33. The van der Waals surface area contributed by atoms with Gasteiger partial charge in [-0.1, -0.05) is 20.3 Å². The van der Waals surface area contributed by atoms with E-state index in [1.807, 2.05) is 13.8 Å². The Morgan fingerprint density at radius 2 is 1.67 bits per heavy atom. The lowest BCUT2D eigenvalue weighted by molar-refractivity contribution is 0.232. The van der Waals surface area contributed by atoms with Gasteiger partial charge in [-0.2, -0.15) is 0 Å². The van der Waals surface area contributed by atoms with Crippen LogP contribution in [0.3, 0.4) is 0 Å². The monoisotopic (exact) mass is 475 g/mol. The van der Waals surface area contributed by atoms with E-state index in [1.165, 1.54) is 36.7 Å². The predicted octanol–water partition coefficient (Wildman–Crippen LogP) is 0.927. The third-order valence-corrected chi connectivity index (χ3v) is 6.17. The lowest BCUT2D eigenvalue weighted by Gasteiger charge is -2.26. The number of aliphatic imine (C=N–C) groups is 1. The van der Waals surface area contributed by atoms with Crippen molar-refractivity contribution in [3.63, 3.8) is 0 Å². The number of nitrogens with one attached hydrogen (secondary N) is 2. The van der Waals surface area contributed by atoms with Gasteiger partial charge in [0, 0.05) is 39.8 Å². The maximum Gasteiger partial charge on any atom is 0.215 e. The fourth-order valence-electron chi connectivity index (χ4n) is 2.78. The predicted molar refractivity (Wildman–Crippen MR) is 112 cm³/mol. The highest BCUT2D eigenvalue weighted by atomic mass is 127. The number of nitrogens with zero attached hydrogens (tertiary/aromatic N) is 3. The third kappa shape index (κ3) is 8.82. The molecule has 1 saturated heterocycles. The quantitative estimate of drug-likeness (QED) is 0.295. The molecule has 1 rings (SSSR count). The van der Waals surface area contributed by atoms with Gasteiger partial charge in [-0.25, -0.2) is 12.7 Å². The fourth-order valence-corrected chi connectivity index (χ4v) is 4.19. The van der Waals surface area contributed by atoms with Crippen LogP contribution >= 0.6 is 24.0 Å². The number of hydrogen-bond donors (Lipinski definition) is 2. The number of piperidine rings is 1. The first-order chi connectivity index (χ1) is 11.0. The minimum atomic E-state index is -3.18. The zero-order chi connectivity index (χ0) is 17.1. The molecule has 1 fully saturated rings. The van der Waals surface area contributed by atoms with Gasteiger partial charge in [-0.15, -0.1) is 24.0 Å². The second kappa shape index (κ2) is 13.1. The molecule has 0 aromatic heterocycles. The SMILES string of the molecule is CCN(CC)S(=O)(=O)CCNC(=NC)NCCN1CCCCC1.I. The van der Waals surface area contributed by atoms with Gasteiger partial charge >= 0.3 is 0 Å². The molecule has 1 aliphatic rings. The average molecular weight is 475 g/mol. The Labute approximate surface area is 164 Å². The highest BCUT2D eigenvalue weighted by Gasteiger charge is 2.18. The number of guanidine groups is 1. The van der Waals surface area contributed by atoms with Crippen molar-refractivity contribution in [2.24, 2.45) is 4.99 Å². The van der Waals surface area contributed by atoms with E-state index < -0.39 is 10.0 Å². The summed E-state index contributed by atoms with van der Waals surface area (Å²) in [6.45, 7) is 9.28. The Hall–Kier alpha value is -0.130. The van der Waals surface area contributed by atoms with Crippen molar-refractivity contribution in [2.75, 3.05) is 58.6 Å². The lowest BCUT2D eigenvalue weighted by atomic mass is 10.1. The van der Waals surface area contributed by atoms with Gasteiger partial charge in [0.25, 0.3) is 0 Å². The highest BCUT2D eigenvalue weighted by Crippen LogP contribution is 2.07. The number of likely N-dealkylation sites (tertiary alicyclic amines) is 1. The van der Waals surface area contributed by atoms with Crippen LogP contribution in [-0.4, -0.2) is 82.2 Å². The maximum atomic E-state index is 12.1. The molecule has 0 aromatic carbocycles. The Morgan fingerprint density at radius 1 is 1.08 bits per heavy atom. The van der Waals surface area contributed by atoms with Crippen LogP contribution in [0.4, 0.5) is 0 Å². The molecule has 0 radical (unpaired) electrons. The summed E-state index contributed by atoms with van der Waals surface area (Å²) in [7, 11) is -1.48. The Morgan fingerprint density at radius 3 is 2.21 bits per heavy atom. The van der Waals surface area contributed by atoms with Gasteiger partial charge in [0.2, 0.25) is 10.0 Å². The van der Waals surface area contributed by atoms with E-state index in [-0.39, 0.29) is 29.7 Å². The average Bonchev–Trinajstić information content (AvgIpc) is 2.55. The second-order valence-corrected chi connectivity index (χ2v) is 7.82. The molecule has 0 unspecified atom stereocenters. The van der Waals surface area contributed by atoms with E-state index in [1.54, 1.807) is 7.05 Å². The van der Waals surface area contributed by atoms with E-state index in [9.17, 15) is 8.42 Å². The molecule has 144 valence electrons. The molecule has 0 atom stereocenters. The van der Waals surface area contributed by atoms with Crippen molar-refractivity contribution in [2.45, 2.75) is 33.1 Å². The molecule has 0 spiro atoms. The van der Waals surface area contributed by atoms with E-state index in [2.05, 4.69) is 20.5 Å². The number of hydrogen-bond acceptors (Lipinski definition) is 4. The smallest absolute Gasteiger partial charge is 0.215 e. The van der Waals surface area contributed by atoms with Gasteiger partial charge < -0.3 is 15.5 Å². The summed E-state index contributed by atoms with van der Waals surface area (Å²) >= 11 is 0. The van der Waals surface area contributed by atoms with E-state index >= 15 is 0 Å². The largest absolute Gasteiger partial charge is 0.355 e. The summed E-state index contributed by atoms with van der Waals surface area (Å²) < 4.78 is 25.7. The molecule has 0 aromatic rings. The zero-order valence-corrected chi connectivity index (χ0v) is 18.4. The minimum Gasteiger partial charge on any atom is -0.355 e. The standard InChI is InChI=1S/C15H33N5O2S.HI/c1-4-20(5-2)23(21,22)14-10-18-15(16-3)17-9-13-19-11-7-6-8-12-19;/h4-14H2,1-3H3,(H2,16,17,18);1H. The summed E-state index contributed by atoms with van der Waals surface area (Å²) in [5.74, 6) is 0.748. The molecule has 1 aliphatic heterocycles. The molecule has 24 heavy (non-hydrogen) atoms. The third-order valence-electron chi connectivity index (χ3n) is 4.14. The topological polar surface area (TPSA) is 77.0 Å². The number of halogens is 1. The van der Waals surface area contributed by atoms with Gasteiger partial charge in [-0.05, 0) is 25.9 Å². The van der Waals surface area contributed by atoms with Crippen LogP contribution in [0.5, 0.6) is 0 Å². The Kier molecular flexibility index (Phi) is 13.1. The minimum absolute atomic E-state index is 0.